The van der Waals surface area contributed by atoms with Gasteiger partial charge in [0.25, 0.3) is 0 Å². The third-order valence-electron chi connectivity index (χ3n) is 2.53. The number of hydrogen-bond acceptors (Lipinski definition) is 2. The number of carbonyl (C=O) groups is 1. The van der Waals surface area contributed by atoms with Gasteiger partial charge in [0.2, 0.25) is 0 Å². The number of halogens is 3. The number of amides is 1. The molecular weight excluding hydrogens is 329 g/mol. The van der Waals surface area contributed by atoms with E-state index in [2.05, 4.69) is 15.9 Å². The van der Waals surface area contributed by atoms with Crippen LogP contribution in [0.5, 0.6) is 0 Å². The van der Waals surface area contributed by atoms with Crippen molar-refractivity contribution in [3.63, 3.8) is 0 Å². The lowest BCUT2D eigenvalue weighted by atomic mass is 10.2. The smallest absolute Gasteiger partial charge is 0.410 e. The molecule has 1 aromatic carbocycles. The second-order valence-electron chi connectivity index (χ2n) is 3.79. The normalized spacial score (nSPS) is 19.6. The van der Waals surface area contributed by atoms with Gasteiger partial charge in [-0.25, -0.2) is 4.79 Å². The molecule has 1 aliphatic rings. The molecule has 1 heterocycles. The number of hydrogen-bond donors (Lipinski definition) is 0. The van der Waals surface area contributed by atoms with Crippen LogP contribution in [0, 0.1) is 0 Å². The van der Waals surface area contributed by atoms with E-state index in [4.69, 9.17) is 27.9 Å². The van der Waals surface area contributed by atoms with Crippen LogP contribution in [0.4, 0.5) is 4.79 Å². The third-order valence-corrected chi connectivity index (χ3v) is 3.71. The van der Waals surface area contributed by atoms with E-state index in [9.17, 15) is 4.79 Å². The lowest BCUT2D eigenvalue weighted by Gasteiger charge is -2.19. The second kappa shape index (κ2) is 5.46. The van der Waals surface area contributed by atoms with E-state index in [0.29, 0.717) is 28.5 Å². The van der Waals surface area contributed by atoms with Crippen molar-refractivity contribution in [2.75, 3.05) is 11.9 Å². The average molecular weight is 339 g/mol. The van der Waals surface area contributed by atoms with Crippen LogP contribution in [0.15, 0.2) is 18.2 Å². The molecule has 1 amide bonds. The summed E-state index contributed by atoms with van der Waals surface area (Å²) in [6.45, 7) is 0.869. The standard InChI is InChI=1S/C11H10BrCl2NO2/c12-4-10-6-17-11(16)15(10)5-7-1-8(13)3-9(14)2-7/h1-3,10H,4-6H2. The zero-order valence-electron chi connectivity index (χ0n) is 8.83. The van der Waals surface area contributed by atoms with Crippen molar-refractivity contribution in [2.24, 2.45) is 0 Å². The van der Waals surface area contributed by atoms with Gasteiger partial charge in [-0.2, -0.15) is 0 Å². The second-order valence-corrected chi connectivity index (χ2v) is 5.31. The van der Waals surface area contributed by atoms with Crippen molar-refractivity contribution in [1.29, 1.82) is 0 Å². The summed E-state index contributed by atoms with van der Waals surface area (Å²) in [5, 5.41) is 1.82. The fourth-order valence-electron chi connectivity index (χ4n) is 1.71. The Balaban J connectivity index is 2.16. The number of rotatable bonds is 3. The van der Waals surface area contributed by atoms with Crippen LogP contribution in [0.1, 0.15) is 5.56 Å². The van der Waals surface area contributed by atoms with Gasteiger partial charge in [-0.3, -0.25) is 4.90 Å². The molecule has 0 bridgehead atoms. The van der Waals surface area contributed by atoms with E-state index in [1.807, 2.05) is 0 Å². The summed E-state index contributed by atoms with van der Waals surface area (Å²) < 4.78 is 4.99. The highest BCUT2D eigenvalue weighted by Gasteiger charge is 2.31. The molecule has 0 aromatic heterocycles. The molecule has 2 rings (SSSR count). The Bertz CT molecular complexity index is 421. The summed E-state index contributed by atoms with van der Waals surface area (Å²) in [5.41, 5.74) is 0.896. The van der Waals surface area contributed by atoms with Crippen molar-refractivity contribution < 1.29 is 9.53 Å². The molecule has 92 valence electrons. The van der Waals surface area contributed by atoms with E-state index < -0.39 is 0 Å². The van der Waals surface area contributed by atoms with Crippen LogP contribution in [0.3, 0.4) is 0 Å². The van der Waals surface area contributed by atoms with Gasteiger partial charge in [0.05, 0.1) is 6.04 Å². The molecule has 1 saturated heterocycles. The summed E-state index contributed by atoms with van der Waals surface area (Å²) >= 11 is 15.2. The lowest BCUT2D eigenvalue weighted by Crippen LogP contribution is -2.33. The predicted molar refractivity (Wildman–Crippen MR) is 70.9 cm³/mol. The van der Waals surface area contributed by atoms with Gasteiger partial charge in [0.1, 0.15) is 6.61 Å². The highest BCUT2D eigenvalue weighted by Crippen LogP contribution is 2.23. The van der Waals surface area contributed by atoms with E-state index in [-0.39, 0.29) is 12.1 Å². The molecule has 0 N–H and O–H groups in total. The topological polar surface area (TPSA) is 29.5 Å². The van der Waals surface area contributed by atoms with Crippen molar-refractivity contribution in [1.82, 2.24) is 4.90 Å². The zero-order chi connectivity index (χ0) is 12.4. The Hall–Kier alpha value is -0.450. The van der Waals surface area contributed by atoms with E-state index in [1.54, 1.807) is 23.1 Å². The van der Waals surface area contributed by atoms with Crippen molar-refractivity contribution in [3.8, 4) is 0 Å². The molecule has 1 unspecified atom stereocenters. The first-order chi connectivity index (χ1) is 8.10. The summed E-state index contributed by atoms with van der Waals surface area (Å²) in [6.07, 6.45) is -0.300. The Morgan fingerprint density at radius 1 is 1.35 bits per heavy atom. The molecule has 0 aliphatic carbocycles. The highest BCUT2D eigenvalue weighted by molar-refractivity contribution is 9.09. The number of cyclic esters (lactones) is 1. The SMILES string of the molecule is O=C1OCC(CBr)N1Cc1cc(Cl)cc(Cl)c1. The molecule has 6 heteroatoms. The Kier molecular flexibility index (Phi) is 4.17. The van der Waals surface area contributed by atoms with Crippen LogP contribution in [0.25, 0.3) is 0 Å². The van der Waals surface area contributed by atoms with E-state index in [0.717, 1.165) is 5.56 Å². The van der Waals surface area contributed by atoms with Crippen molar-refractivity contribution in [2.45, 2.75) is 12.6 Å². The largest absolute Gasteiger partial charge is 0.447 e. The number of ether oxygens (including phenoxy) is 1. The van der Waals surface area contributed by atoms with Crippen LogP contribution < -0.4 is 0 Å². The minimum atomic E-state index is -0.300. The molecule has 1 aromatic rings. The molecular formula is C11H10BrCl2NO2. The van der Waals surface area contributed by atoms with Crippen LogP contribution in [-0.2, 0) is 11.3 Å². The van der Waals surface area contributed by atoms with Gasteiger partial charge in [0, 0.05) is 21.9 Å². The minimum absolute atomic E-state index is 0.0558. The van der Waals surface area contributed by atoms with Gasteiger partial charge in [-0.05, 0) is 23.8 Å². The fourth-order valence-corrected chi connectivity index (χ4v) is 2.82. The monoisotopic (exact) mass is 337 g/mol. The average Bonchev–Trinajstić information content (AvgIpc) is 2.59. The summed E-state index contributed by atoms with van der Waals surface area (Å²) in [5.74, 6) is 0. The molecule has 17 heavy (non-hydrogen) atoms. The molecule has 3 nitrogen and oxygen atoms in total. The molecule has 1 aliphatic heterocycles. The molecule has 0 saturated carbocycles. The number of carbonyl (C=O) groups excluding carboxylic acids is 1. The molecule has 1 fully saturated rings. The quantitative estimate of drug-likeness (QED) is 0.786. The first-order valence-electron chi connectivity index (χ1n) is 5.04. The first kappa shape index (κ1) is 13.0. The van der Waals surface area contributed by atoms with Gasteiger partial charge < -0.3 is 4.74 Å². The summed E-state index contributed by atoms with van der Waals surface area (Å²) in [6, 6.07) is 5.31. The maximum absolute atomic E-state index is 11.5. The van der Waals surface area contributed by atoms with Crippen LogP contribution in [-0.4, -0.2) is 29.0 Å². The highest BCUT2D eigenvalue weighted by atomic mass is 79.9. The van der Waals surface area contributed by atoms with Crippen LogP contribution in [0.2, 0.25) is 10.0 Å². The lowest BCUT2D eigenvalue weighted by molar-refractivity contribution is 0.156. The molecule has 0 spiro atoms. The molecule has 1 atom stereocenters. The Labute approximate surface area is 118 Å². The predicted octanol–water partition coefficient (Wildman–Crippen LogP) is 3.71. The van der Waals surface area contributed by atoms with Crippen molar-refractivity contribution >= 4 is 45.2 Å². The maximum Gasteiger partial charge on any atom is 0.410 e. The first-order valence-corrected chi connectivity index (χ1v) is 6.92. The van der Waals surface area contributed by atoms with Crippen molar-refractivity contribution in [3.05, 3.63) is 33.8 Å². The van der Waals surface area contributed by atoms with Crippen LogP contribution >= 0.6 is 39.1 Å². The minimum Gasteiger partial charge on any atom is -0.447 e. The number of benzene rings is 1. The molecule has 0 radical (unpaired) electrons. The number of nitrogens with zero attached hydrogens (tertiary/aromatic N) is 1. The Morgan fingerprint density at radius 3 is 2.59 bits per heavy atom. The number of alkyl halides is 1. The van der Waals surface area contributed by atoms with E-state index >= 15 is 0 Å². The third kappa shape index (κ3) is 3.06. The van der Waals surface area contributed by atoms with Gasteiger partial charge in [0.15, 0.2) is 0 Å². The van der Waals surface area contributed by atoms with Gasteiger partial charge in [-0.15, -0.1) is 0 Å². The van der Waals surface area contributed by atoms with E-state index in [1.165, 1.54) is 0 Å². The van der Waals surface area contributed by atoms with Gasteiger partial charge >= 0.3 is 6.09 Å². The van der Waals surface area contributed by atoms with Gasteiger partial charge in [-0.1, -0.05) is 39.1 Å². The maximum atomic E-state index is 11.5. The zero-order valence-corrected chi connectivity index (χ0v) is 11.9. The summed E-state index contributed by atoms with van der Waals surface area (Å²) in [4.78, 5) is 13.2. The Morgan fingerprint density at radius 2 is 2.00 bits per heavy atom. The fraction of sp³-hybridized carbons (Fsp3) is 0.364. The summed E-state index contributed by atoms with van der Waals surface area (Å²) in [7, 11) is 0.